The first-order valence-electron chi connectivity index (χ1n) is 11.3. The van der Waals surface area contributed by atoms with Gasteiger partial charge >= 0.3 is 0 Å². The van der Waals surface area contributed by atoms with Gasteiger partial charge in [-0.25, -0.2) is 4.39 Å². The molecule has 1 heterocycles. The SMILES string of the molecule is O=C(CC12CC3CC(CC(C3)C1)C2)NC1CCN(C(=O)c2ccccc2F)CC1. The molecule has 5 heteroatoms. The van der Waals surface area contributed by atoms with Crippen molar-refractivity contribution >= 4 is 11.8 Å². The number of amides is 2. The predicted octanol–water partition coefficient (Wildman–Crippen LogP) is 4.15. The van der Waals surface area contributed by atoms with Crippen LogP contribution < -0.4 is 5.32 Å². The monoisotopic (exact) mass is 398 g/mol. The number of rotatable bonds is 4. The molecule has 156 valence electrons. The molecule has 1 aliphatic heterocycles. The van der Waals surface area contributed by atoms with Crippen molar-refractivity contribution in [3.8, 4) is 0 Å². The van der Waals surface area contributed by atoms with E-state index in [0.29, 0.717) is 19.5 Å². The molecule has 0 unspecified atom stereocenters. The van der Waals surface area contributed by atoms with Crippen molar-refractivity contribution in [2.24, 2.45) is 23.2 Å². The lowest BCUT2D eigenvalue weighted by atomic mass is 9.49. The summed E-state index contributed by atoms with van der Waals surface area (Å²) in [5, 5.41) is 3.25. The molecule has 4 nitrogen and oxygen atoms in total. The van der Waals surface area contributed by atoms with Crippen molar-refractivity contribution in [3.63, 3.8) is 0 Å². The fourth-order valence-electron chi connectivity index (χ4n) is 7.16. The van der Waals surface area contributed by atoms with Gasteiger partial charge in [-0.2, -0.15) is 0 Å². The standard InChI is InChI=1S/C24H31FN2O2/c25-21-4-2-1-3-20(21)23(29)27-7-5-19(6-8-27)26-22(28)15-24-12-16-9-17(13-24)11-18(10-16)14-24/h1-4,16-19H,5-15H2,(H,26,28). The van der Waals surface area contributed by atoms with Gasteiger partial charge in [-0.3, -0.25) is 9.59 Å². The summed E-state index contributed by atoms with van der Waals surface area (Å²) in [6.45, 7) is 1.13. The molecule has 29 heavy (non-hydrogen) atoms. The second kappa shape index (κ2) is 7.41. The molecule has 5 fully saturated rings. The summed E-state index contributed by atoms with van der Waals surface area (Å²) in [6, 6.07) is 6.27. The average Bonchev–Trinajstić information content (AvgIpc) is 2.67. The Bertz CT molecular complexity index is 765. The molecule has 4 bridgehead atoms. The zero-order chi connectivity index (χ0) is 20.0. The number of piperidine rings is 1. The van der Waals surface area contributed by atoms with E-state index in [4.69, 9.17) is 0 Å². The molecular weight excluding hydrogens is 367 g/mol. The smallest absolute Gasteiger partial charge is 0.256 e. The van der Waals surface area contributed by atoms with E-state index in [2.05, 4.69) is 5.32 Å². The van der Waals surface area contributed by atoms with Gasteiger partial charge in [0, 0.05) is 25.6 Å². The maximum Gasteiger partial charge on any atom is 0.256 e. The Hall–Kier alpha value is -1.91. The van der Waals surface area contributed by atoms with Crippen molar-refractivity contribution in [1.29, 1.82) is 0 Å². The van der Waals surface area contributed by atoms with Crippen LogP contribution in [0.1, 0.15) is 68.1 Å². The summed E-state index contributed by atoms with van der Waals surface area (Å²) < 4.78 is 13.9. The number of carbonyl (C=O) groups excluding carboxylic acids is 2. The zero-order valence-electron chi connectivity index (χ0n) is 17.0. The second-order valence-corrected chi connectivity index (χ2v) is 10.2. The lowest BCUT2D eigenvalue weighted by Crippen LogP contribution is -2.50. The van der Waals surface area contributed by atoms with Crippen molar-refractivity contribution in [2.45, 2.75) is 63.8 Å². The quantitative estimate of drug-likeness (QED) is 0.828. The van der Waals surface area contributed by atoms with Crippen LogP contribution in [0.15, 0.2) is 24.3 Å². The molecule has 1 aromatic rings. The maximum atomic E-state index is 13.9. The van der Waals surface area contributed by atoms with E-state index in [1.165, 1.54) is 50.7 Å². The van der Waals surface area contributed by atoms with E-state index in [9.17, 15) is 14.0 Å². The Balaban J connectivity index is 1.13. The van der Waals surface area contributed by atoms with Gasteiger partial charge in [0.05, 0.1) is 5.56 Å². The van der Waals surface area contributed by atoms with Crippen LogP contribution in [0.4, 0.5) is 4.39 Å². The number of likely N-dealkylation sites (tertiary alicyclic amines) is 1. The number of hydrogen-bond donors (Lipinski definition) is 1. The van der Waals surface area contributed by atoms with Crippen molar-refractivity contribution in [1.82, 2.24) is 10.2 Å². The van der Waals surface area contributed by atoms with Crippen LogP contribution in [0, 0.1) is 29.0 Å². The number of carbonyl (C=O) groups is 2. The summed E-state index contributed by atoms with van der Waals surface area (Å²) >= 11 is 0. The van der Waals surface area contributed by atoms with E-state index in [1.54, 1.807) is 17.0 Å². The molecular formula is C24H31FN2O2. The number of nitrogens with zero attached hydrogens (tertiary/aromatic N) is 1. The second-order valence-electron chi connectivity index (χ2n) is 10.2. The first-order chi connectivity index (χ1) is 14.0. The van der Waals surface area contributed by atoms with E-state index >= 15 is 0 Å². The molecule has 1 N–H and O–H groups in total. The normalized spacial score (nSPS) is 33.7. The van der Waals surface area contributed by atoms with Crippen molar-refractivity contribution in [3.05, 3.63) is 35.6 Å². The Kier molecular flexibility index (Phi) is 4.87. The molecule has 1 aromatic carbocycles. The molecule has 2 amide bonds. The highest BCUT2D eigenvalue weighted by Gasteiger charge is 2.51. The van der Waals surface area contributed by atoms with Gasteiger partial charge < -0.3 is 10.2 Å². The third-order valence-electron chi connectivity index (χ3n) is 7.95. The minimum Gasteiger partial charge on any atom is -0.353 e. The van der Waals surface area contributed by atoms with Crippen LogP contribution in [0.2, 0.25) is 0 Å². The Morgan fingerprint density at radius 1 is 1.00 bits per heavy atom. The first-order valence-corrected chi connectivity index (χ1v) is 11.3. The third-order valence-corrected chi connectivity index (χ3v) is 7.95. The molecule has 6 rings (SSSR count). The maximum absolute atomic E-state index is 13.9. The minimum absolute atomic E-state index is 0.126. The van der Waals surface area contributed by atoms with E-state index in [0.717, 1.165) is 30.6 Å². The van der Waals surface area contributed by atoms with E-state index in [-0.39, 0.29) is 28.8 Å². The van der Waals surface area contributed by atoms with Crippen molar-refractivity contribution < 1.29 is 14.0 Å². The van der Waals surface area contributed by atoms with Crippen LogP contribution in [-0.2, 0) is 4.79 Å². The van der Waals surface area contributed by atoms with Gasteiger partial charge in [-0.05, 0) is 86.7 Å². The van der Waals surface area contributed by atoms with Crippen LogP contribution in [-0.4, -0.2) is 35.8 Å². The van der Waals surface area contributed by atoms with Crippen LogP contribution >= 0.6 is 0 Å². The molecule has 0 radical (unpaired) electrons. The number of benzene rings is 1. The molecule has 4 saturated carbocycles. The summed E-state index contributed by atoms with van der Waals surface area (Å²) in [7, 11) is 0. The summed E-state index contributed by atoms with van der Waals surface area (Å²) in [5.74, 6) is 2.07. The van der Waals surface area contributed by atoms with Crippen LogP contribution in [0.3, 0.4) is 0 Å². The van der Waals surface area contributed by atoms with Crippen LogP contribution in [0.25, 0.3) is 0 Å². The lowest BCUT2D eigenvalue weighted by Gasteiger charge is -2.56. The Labute approximate surface area is 172 Å². The molecule has 0 aromatic heterocycles. The first kappa shape index (κ1) is 19.1. The lowest BCUT2D eigenvalue weighted by molar-refractivity contribution is -0.130. The highest BCUT2D eigenvalue weighted by Crippen LogP contribution is 2.61. The minimum atomic E-state index is -0.469. The Morgan fingerprint density at radius 3 is 2.17 bits per heavy atom. The number of nitrogens with one attached hydrogen (secondary N) is 1. The topological polar surface area (TPSA) is 49.4 Å². The van der Waals surface area contributed by atoms with Crippen molar-refractivity contribution in [2.75, 3.05) is 13.1 Å². The van der Waals surface area contributed by atoms with Gasteiger partial charge in [0.15, 0.2) is 0 Å². The van der Waals surface area contributed by atoms with Gasteiger partial charge in [-0.1, -0.05) is 12.1 Å². The highest BCUT2D eigenvalue weighted by atomic mass is 19.1. The molecule has 4 aliphatic carbocycles. The molecule has 1 saturated heterocycles. The largest absolute Gasteiger partial charge is 0.353 e. The fraction of sp³-hybridized carbons (Fsp3) is 0.667. The van der Waals surface area contributed by atoms with Crippen LogP contribution in [0.5, 0.6) is 0 Å². The molecule has 0 spiro atoms. The van der Waals surface area contributed by atoms with Gasteiger partial charge in [0.25, 0.3) is 5.91 Å². The van der Waals surface area contributed by atoms with Gasteiger partial charge in [0.1, 0.15) is 5.82 Å². The summed E-state index contributed by atoms with van der Waals surface area (Å²) in [4.78, 5) is 27.1. The number of hydrogen-bond acceptors (Lipinski definition) is 2. The van der Waals surface area contributed by atoms with Gasteiger partial charge in [0.2, 0.25) is 5.91 Å². The number of halogens is 1. The summed E-state index contributed by atoms with van der Waals surface area (Å²) in [5.41, 5.74) is 0.400. The molecule has 0 atom stereocenters. The highest BCUT2D eigenvalue weighted by molar-refractivity contribution is 5.94. The van der Waals surface area contributed by atoms with Gasteiger partial charge in [-0.15, -0.1) is 0 Å². The third kappa shape index (κ3) is 3.80. The van der Waals surface area contributed by atoms with E-state index < -0.39 is 5.82 Å². The van der Waals surface area contributed by atoms with E-state index in [1.807, 2.05) is 0 Å². The predicted molar refractivity (Wildman–Crippen MR) is 109 cm³/mol. The molecule has 5 aliphatic rings. The fourth-order valence-corrected chi connectivity index (χ4v) is 7.16. The average molecular weight is 399 g/mol. The zero-order valence-corrected chi connectivity index (χ0v) is 17.0. The Morgan fingerprint density at radius 2 is 1.59 bits per heavy atom. The summed E-state index contributed by atoms with van der Waals surface area (Å²) in [6.07, 6.45) is 10.1.